The van der Waals surface area contributed by atoms with Crippen molar-refractivity contribution in [1.29, 1.82) is 0 Å². The molecule has 4 unspecified atom stereocenters. The van der Waals surface area contributed by atoms with Crippen molar-refractivity contribution >= 4 is 11.7 Å². The standard InChI is InChI=1S/C27H35N3O4/c1-6-27(33)21-13-23-24-19(14-30(23)25(31)20(21)15-34-26(27)32)17(11-12-28(4)16(2)3)18-9-7-8-10-22(18)29(24)5/h7-10,13,16-17,19,24,33H,6,11-12,14-15H2,1-5H3. The second-order valence-electron chi connectivity index (χ2n) is 10.4. The van der Waals surface area contributed by atoms with Crippen LogP contribution in [-0.4, -0.2) is 47.2 Å². The highest BCUT2D eigenvalue weighted by atomic mass is 16.6. The number of rotatable bonds is 5. The van der Waals surface area contributed by atoms with Crippen molar-refractivity contribution in [3.8, 4) is 0 Å². The predicted molar refractivity (Wildman–Crippen MR) is 131 cm³/mol. The molecule has 0 aliphatic carbocycles. The number of esters is 1. The molecule has 182 valence electrons. The van der Waals surface area contributed by atoms with Gasteiger partial charge in [0, 0.05) is 42.5 Å². The monoisotopic (exact) mass is 465 g/mol. The first-order chi connectivity index (χ1) is 16.2. The Morgan fingerprint density at radius 1 is 1.26 bits per heavy atom. The van der Waals surface area contributed by atoms with Gasteiger partial charge in [-0.05, 0) is 63.9 Å². The molecule has 3 aliphatic heterocycles. The van der Waals surface area contributed by atoms with Crippen molar-refractivity contribution in [2.24, 2.45) is 5.92 Å². The van der Waals surface area contributed by atoms with E-state index in [2.05, 4.69) is 62.0 Å². The largest absolute Gasteiger partial charge is 0.458 e. The lowest BCUT2D eigenvalue weighted by atomic mass is 9.75. The summed E-state index contributed by atoms with van der Waals surface area (Å²) >= 11 is 0. The van der Waals surface area contributed by atoms with Crippen LogP contribution < -0.4 is 10.5 Å². The predicted octanol–water partition coefficient (Wildman–Crippen LogP) is 3.14. The van der Waals surface area contributed by atoms with Crippen LogP contribution in [0.3, 0.4) is 0 Å². The molecule has 1 aromatic heterocycles. The number of benzene rings is 1. The number of cyclic esters (lactones) is 1. The summed E-state index contributed by atoms with van der Waals surface area (Å²) < 4.78 is 7.10. The number of aliphatic hydroxyl groups is 1. The van der Waals surface area contributed by atoms with Crippen LogP contribution in [0.1, 0.15) is 68.0 Å². The zero-order valence-corrected chi connectivity index (χ0v) is 20.7. The fraction of sp³-hybridized carbons (Fsp3) is 0.556. The summed E-state index contributed by atoms with van der Waals surface area (Å²) in [4.78, 5) is 30.8. The van der Waals surface area contributed by atoms with Gasteiger partial charge in [-0.2, -0.15) is 0 Å². The highest BCUT2D eigenvalue weighted by molar-refractivity contribution is 5.83. The van der Waals surface area contributed by atoms with Crippen molar-refractivity contribution in [2.45, 2.75) is 70.4 Å². The fourth-order valence-corrected chi connectivity index (χ4v) is 6.19. The third-order valence-corrected chi connectivity index (χ3v) is 8.50. The summed E-state index contributed by atoms with van der Waals surface area (Å²) in [6.45, 7) is 7.68. The van der Waals surface area contributed by atoms with E-state index in [1.165, 1.54) is 11.3 Å². The van der Waals surface area contributed by atoms with Crippen molar-refractivity contribution in [3.05, 3.63) is 63.1 Å². The molecule has 0 spiro atoms. The molecular weight excluding hydrogens is 430 g/mol. The SMILES string of the molecule is CCC1(O)C(=O)OCc2c1cc1n(c2=O)CC2C(CCN(C)C(C)C)c3ccccc3N(C)C12. The first-order valence-electron chi connectivity index (χ1n) is 12.4. The van der Waals surface area contributed by atoms with E-state index in [9.17, 15) is 14.7 Å². The number of para-hydroxylation sites is 1. The zero-order valence-electron chi connectivity index (χ0n) is 20.7. The number of anilines is 1. The van der Waals surface area contributed by atoms with Crippen LogP contribution in [0.5, 0.6) is 0 Å². The van der Waals surface area contributed by atoms with Crippen LogP contribution in [0, 0.1) is 5.92 Å². The molecular formula is C27H35N3O4. The zero-order chi connectivity index (χ0) is 24.4. The van der Waals surface area contributed by atoms with Gasteiger partial charge in [-0.3, -0.25) is 4.79 Å². The highest BCUT2D eigenvalue weighted by Crippen LogP contribution is 2.53. The first kappa shape index (κ1) is 23.1. The second-order valence-corrected chi connectivity index (χ2v) is 10.4. The summed E-state index contributed by atoms with van der Waals surface area (Å²) in [5, 5.41) is 11.2. The molecule has 7 heteroatoms. The molecule has 1 N–H and O–H groups in total. The van der Waals surface area contributed by atoms with Gasteiger partial charge in [-0.15, -0.1) is 0 Å². The van der Waals surface area contributed by atoms with Gasteiger partial charge in [0.25, 0.3) is 5.56 Å². The summed E-state index contributed by atoms with van der Waals surface area (Å²) in [5.41, 5.74) is 2.31. The number of pyridine rings is 1. The molecule has 0 radical (unpaired) electrons. The number of aromatic nitrogens is 1. The van der Waals surface area contributed by atoms with E-state index < -0.39 is 11.6 Å². The maximum atomic E-state index is 13.6. The molecule has 4 heterocycles. The molecule has 0 bridgehead atoms. The quantitative estimate of drug-likeness (QED) is 0.684. The fourth-order valence-electron chi connectivity index (χ4n) is 6.19. The van der Waals surface area contributed by atoms with Gasteiger partial charge in [0.05, 0.1) is 11.6 Å². The number of hydrogen-bond donors (Lipinski definition) is 1. The van der Waals surface area contributed by atoms with Crippen LogP contribution in [-0.2, 0) is 28.3 Å². The van der Waals surface area contributed by atoms with Crippen LogP contribution in [0.4, 0.5) is 5.69 Å². The third kappa shape index (κ3) is 3.24. The molecule has 0 fully saturated rings. The average molecular weight is 466 g/mol. The Hall–Kier alpha value is -2.64. The van der Waals surface area contributed by atoms with Gasteiger partial charge in [0.2, 0.25) is 0 Å². The summed E-state index contributed by atoms with van der Waals surface area (Å²) in [6.07, 6.45) is 1.17. The number of carbonyl (C=O) groups excluding carboxylic acids is 1. The van der Waals surface area contributed by atoms with Gasteiger partial charge in [0.15, 0.2) is 5.60 Å². The first-order valence-corrected chi connectivity index (χ1v) is 12.4. The van der Waals surface area contributed by atoms with Gasteiger partial charge >= 0.3 is 5.97 Å². The van der Waals surface area contributed by atoms with E-state index >= 15 is 0 Å². The number of hydrogen-bond acceptors (Lipinski definition) is 6. The molecule has 2 aromatic rings. The number of carbonyl (C=O) groups is 1. The number of ether oxygens (including phenoxy) is 1. The minimum Gasteiger partial charge on any atom is -0.458 e. The van der Waals surface area contributed by atoms with E-state index in [-0.39, 0.29) is 30.5 Å². The number of nitrogens with zero attached hydrogens (tertiary/aromatic N) is 3. The molecule has 34 heavy (non-hydrogen) atoms. The highest BCUT2D eigenvalue weighted by Gasteiger charge is 2.49. The van der Waals surface area contributed by atoms with Crippen LogP contribution in [0.2, 0.25) is 0 Å². The Balaban J connectivity index is 1.63. The van der Waals surface area contributed by atoms with Crippen LogP contribution >= 0.6 is 0 Å². The van der Waals surface area contributed by atoms with Crippen LogP contribution in [0.25, 0.3) is 0 Å². The molecule has 0 amide bonds. The van der Waals surface area contributed by atoms with Gasteiger partial charge in [0.1, 0.15) is 6.61 Å². The Morgan fingerprint density at radius 2 is 2.00 bits per heavy atom. The molecule has 3 aliphatic rings. The molecule has 1 aromatic carbocycles. The van der Waals surface area contributed by atoms with Gasteiger partial charge in [-0.25, -0.2) is 4.79 Å². The van der Waals surface area contributed by atoms with Gasteiger partial charge in [-0.1, -0.05) is 25.1 Å². The molecule has 0 saturated carbocycles. The van der Waals surface area contributed by atoms with E-state index in [4.69, 9.17) is 4.74 Å². The Labute approximate surface area is 200 Å². The van der Waals surface area contributed by atoms with Crippen LogP contribution in [0.15, 0.2) is 35.1 Å². The molecule has 0 saturated heterocycles. The Bertz CT molecular complexity index is 1190. The smallest absolute Gasteiger partial charge is 0.343 e. The molecule has 5 rings (SSSR count). The Morgan fingerprint density at radius 3 is 2.71 bits per heavy atom. The topological polar surface area (TPSA) is 75.0 Å². The summed E-state index contributed by atoms with van der Waals surface area (Å²) in [7, 11) is 4.25. The lowest BCUT2D eigenvalue weighted by Gasteiger charge is -2.43. The van der Waals surface area contributed by atoms with E-state index in [0.29, 0.717) is 29.6 Å². The maximum Gasteiger partial charge on any atom is 0.343 e. The van der Waals surface area contributed by atoms with Gasteiger partial charge < -0.3 is 24.2 Å². The normalized spacial score (nSPS) is 27.4. The minimum atomic E-state index is -1.77. The second kappa shape index (κ2) is 8.24. The number of fused-ring (bicyclic) bond motifs is 5. The molecule has 7 nitrogen and oxygen atoms in total. The minimum absolute atomic E-state index is 0.00121. The molecule has 4 atom stereocenters. The van der Waals surface area contributed by atoms with Crippen molar-refractivity contribution < 1.29 is 14.6 Å². The lowest BCUT2D eigenvalue weighted by molar-refractivity contribution is -0.172. The van der Waals surface area contributed by atoms with Crippen molar-refractivity contribution in [1.82, 2.24) is 9.47 Å². The summed E-state index contributed by atoms with van der Waals surface area (Å²) in [6, 6.07) is 10.9. The van der Waals surface area contributed by atoms with E-state index in [1.807, 2.05) is 10.6 Å². The lowest BCUT2D eigenvalue weighted by Crippen LogP contribution is -2.44. The van der Waals surface area contributed by atoms with Crippen molar-refractivity contribution in [3.63, 3.8) is 0 Å². The average Bonchev–Trinajstić information content (AvgIpc) is 3.21. The summed E-state index contributed by atoms with van der Waals surface area (Å²) in [5.74, 6) is -0.139. The third-order valence-electron chi connectivity index (χ3n) is 8.50. The Kier molecular flexibility index (Phi) is 5.60. The van der Waals surface area contributed by atoms with E-state index in [0.717, 1.165) is 18.7 Å². The van der Waals surface area contributed by atoms with Crippen molar-refractivity contribution in [2.75, 3.05) is 25.5 Å². The maximum absolute atomic E-state index is 13.6. The van der Waals surface area contributed by atoms with E-state index in [1.54, 1.807) is 6.92 Å².